The maximum atomic E-state index is 11.7. The van der Waals surface area contributed by atoms with Gasteiger partial charge in [0.2, 0.25) is 20.8 Å². The summed E-state index contributed by atoms with van der Waals surface area (Å²) in [6, 6.07) is 0. The number of hydrogen-bond acceptors (Lipinski definition) is 11. The molecule has 5 saturated carbocycles. The molecule has 0 aromatic heterocycles. The Morgan fingerprint density at radius 2 is 1.49 bits per heavy atom. The molecule has 0 amide bonds. The quantitative estimate of drug-likeness (QED) is 0.173. The van der Waals surface area contributed by atoms with Gasteiger partial charge in [-0.2, -0.15) is 0 Å². The average Bonchev–Trinajstić information content (AvgIpc) is 3.39. The summed E-state index contributed by atoms with van der Waals surface area (Å²) in [5.74, 6) is 1.26. The van der Waals surface area contributed by atoms with Gasteiger partial charge >= 0.3 is 59.1 Å². The third-order valence-corrected chi connectivity index (χ3v) is 16.2. The predicted octanol–water partition coefficient (Wildman–Crippen LogP) is -0.337. The molecule has 0 aromatic carbocycles. The second-order valence-corrected chi connectivity index (χ2v) is 19.6. The first kappa shape index (κ1) is 41.8. The van der Waals surface area contributed by atoms with Crippen LogP contribution in [-0.4, -0.2) is 61.9 Å². The van der Waals surface area contributed by atoms with E-state index in [1.54, 1.807) is 0 Å². The maximum absolute atomic E-state index is 11.7. The fourth-order valence-corrected chi connectivity index (χ4v) is 14.1. The Balaban J connectivity index is 0.00000234. The van der Waals surface area contributed by atoms with Crippen molar-refractivity contribution in [1.29, 1.82) is 0 Å². The Morgan fingerprint density at radius 3 is 2.06 bits per heavy atom. The summed E-state index contributed by atoms with van der Waals surface area (Å²) in [7, 11) is -10.3. The Labute approximate surface area is 338 Å². The summed E-state index contributed by atoms with van der Waals surface area (Å²) in [5, 5.41) is 0. The SMILES string of the molecule is CCCC12O[C@H]3C[C@H]4[C@@H]5CC[C@H]6CC(OS(=O)(=O)[O-])C(OS(=O)(=O)[O-])C[C@]6(C)[C@H]5CC[C@]4(C)C3[C@@](C)(O1)[C@@H](CC1(C(C)C)CC1C)O2.[Na+].[Na+]. The van der Waals surface area contributed by atoms with E-state index in [9.17, 15) is 25.9 Å². The van der Waals surface area contributed by atoms with Crippen molar-refractivity contribution in [2.45, 2.75) is 155 Å². The standard InChI is InChI=1S/C34H56O11S2.2Na/c1-8-12-34-41-26-15-24-22-10-9-21-14-25(43-46(35,36)37)27(44-47(38,39)40)17-31(21,6)23(22)11-13-30(24,5)29(26)32(7,45-34)28(42-34)18-33(19(2)3)16-20(33)4;;/h19-29H,8-18H2,1-7H3,(H,35,36,37)(H,38,39,40);;/q;2*+1/p-2/t20?,21-,22+,23-,24-,25?,26-,27?,28+,29?,30-,31-,32-,33?,34?;;/m0../s1. The molecule has 270 valence electrons. The summed E-state index contributed by atoms with van der Waals surface area (Å²) >= 11 is 0. The zero-order valence-corrected chi connectivity index (χ0v) is 36.6. The van der Waals surface area contributed by atoms with Crippen LogP contribution in [0.5, 0.6) is 0 Å². The van der Waals surface area contributed by atoms with Crippen molar-refractivity contribution in [2.75, 3.05) is 0 Å². The minimum atomic E-state index is -5.16. The first-order valence-corrected chi connectivity index (χ1v) is 20.7. The van der Waals surface area contributed by atoms with Gasteiger partial charge in [-0.15, -0.1) is 0 Å². The van der Waals surface area contributed by atoms with Gasteiger partial charge < -0.3 is 23.3 Å². The van der Waals surface area contributed by atoms with E-state index in [0.29, 0.717) is 30.1 Å². The van der Waals surface area contributed by atoms with Gasteiger partial charge in [-0.05, 0) is 123 Å². The van der Waals surface area contributed by atoms with E-state index in [1.807, 2.05) is 0 Å². The monoisotopic (exact) mass is 748 g/mol. The first-order valence-electron chi connectivity index (χ1n) is 18.0. The van der Waals surface area contributed by atoms with Crippen molar-refractivity contribution >= 4 is 20.8 Å². The van der Waals surface area contributed by atoms with E-state index in [2.05, 4.69) is 48.5 Å². The number of rotatable bonds is 9. The molecule has 2 bridgehead atoms. The van der Waals surface area contributed by atoms with Crippen LogP contribution in [0.1, 0.15) is 119 Å². The Bertz CT molecular complexity index is 1480. The molecule has 2 aliphatic heterocycles. The summed E-state index contributed by atoms with van der Waals surface area (Å²) in [5.41, 5.74) is -0.702. The second kappa shape index (κ2) is 13.7. The molecule has 7 fully saturated rings. The van der Waals surface area contributed by atoms with Crippen LogP contribution < -0.4 is 59.1 Å². The third-order valence-electron chi connectivity index (χ3n) is 15.2. The molecule has 0 aromatic rings. The molecule has 6 unspecified atom stereocenters. The van der Waals surface area contributed by atoms with E-state index in [1.165, 1.54) is 6.42 Å². The minimum absolute atomic E-state index is 0. The fraction of sp³-hybridized carbons (Fsp3) is 1.00. The summed E-state index contributed by atoms with van der Waals surface area (Å²) in [4.78, 5) is 0. The number of fused-ring (bicyclic) bond motifs is 10. The van der Waals surface area contributed by atoms with E-state index < -0.39 is 50.0 Å². The van der Waals surface area contributed by atoms with E-state index >= 15 is 0 Å². The van der Waals surface area contributed by atoms with Crippen LogP contribution in [0.4, 0.5) is 0 Å². The van der Waals surface area contributed by atoms with Gasteiger partial charge in [0.25, 0.3) is 5.97 Å². The molecule has 7 aliphatic rings. The van der Waals surface area contributed by atoms with E-state index in [4.69, 9.17) is 22.6 Å². The summed E-state index contributed by atoms with van der Waals surface area (Å²) in [6.07, 6.45) is 5.85. The van der Waals surface area contributed by atoms with Crippen LogP contribution in [-0.2, 0) is 43.4 Å². The number of hydrogen-bond donors (Lipinski definition) is 0. The van der Waals surface area contributed by atoms with Gasteiger partial charge in [0.15, 0.2) is 0 Å². The zero-order chi connectivity index (χ0) is 34.2. The molecule has 15 atom stereocenters. The van der Waals surface area contributed by atoms with Gasteiger partial charge in [0, 0.05) is 12.3 Å². The molecule has 0 N–H and O–H groups in total. The third kappa shape index (κ3) is 6.91. The average molecular weight is 749 g/mol. The molecule has 2 saturated heterocycles. The minimum Gasteiger partial charge on any atom is -0.726 e. The molecule has 0 spiro atoms. The Kier molecular flexibility index (Phi) is 11.7. The van der Waals surface area contributed by atoms with Crippen molar-refractivity contribution in [3.05, 3.63) is 0 Å². The predicted molar refractivity (Wildman–Crippen MR) is 168 cm³/mol. The molecular formula is C34H54Na2O11S2. The van der Waals surface area contributed by atoms with Crippen LogP contribution in [0.3, 0.4) is 0 Å². The van der Waals surface area contributed by atoms with Crippen LogP contribution >= 0.6 is 0 Å². The van der Waals surface area contributed by atoms with Gasteiger partial charge in [-0.25, -0.2) is 16.8 Å². The molecule has 0 radical (unpaired) electrons. The van der Waals surface area contributed by atoms with Crippen LogP contribution in [0, 0.1) is 57.7 Å². The largest absolute Gasteiger partial charge is 1.00 e. The molecule has 5 aliphatic carbocycles. The fourth-order valence-electron chi connectivity index (χ4n) is 13.1. The van der Waals surface area contributed by atoms with Crippen molar-refractivity contribution in [2.24, 2.45) is 57.7 Å². The van der Waals surface area contributed by atoms with E-state index in [-0.39, 0.29) is 113 Å². The molecule has 49 heavy (non-hydrogen) atoms. The molecular weight excluding hydrogens is 694 g/mol. The van der Waals surface area contributed by atoms with Gasteiger partial charge in [0.1, 0.15) is 17.8 Å². The molecule has 7 rings (SSSR count). The van der Waals surface area contributed by atoms with Crippen molar-refractivity contribution in [3.63, 3.8) is 0 Å². The summed E-state index contributed by atoms with van der Waals surface area (Å²) in [6.45, 7) is 16.0. The first-order chi connectivity index (χ1) is 21.7. The Hall–Kier alpha value is 1.62. The van der Waals surface area contributed by atoms with Crippen LogP contribution in [0.25, 0.3) is 0 Å². The molecule has 15 heteroatoms. The van der Waals surface area contributed by atoms with Crippen molar-refractivity contribution in [1.82, 2.24) is 0 Å². The number of ether oxygens (including phenoxy) is 3. The van der Waals surface area contributed by atoms with Gasteiger partial charge in [-0.3, -0.25) is 8.37 Å². The van der Waals surface area contributed by atoms with Crippen molar-refractivity contribution in [3.8, 4) is 0 Å². The Morgan fingerprint density at radius 1 is 0.857 bits per heavy atom. The smallest absolute Gasteiger partial charge is 0.726 e. The normalized spacial score (nSPS) is 51.5. The molecule has 2 heterocycles. The van der Waals surface area contributed by atoms with E-state index in [0.717, 1.165) is 44.9 Å². The maximum Gasteiger partial charge on any atom is 1.00 e. The summed E-state index contributed by atoms with van der Waals surface area (Å²) < 4.78 is 101. The second-order valence-electron chi connectivity index (χ2n) is 17.6. The van der Waals surface area contributed by atoms with Crippen LogP contribution in [0.15, 0.2) is 0 Å². The van der Waals surface area contributed by atoms with Gasteiger partial charge in [-0.1, -0.05) is 41.5 Å². The topological polar surface area (TPSA) is 161 Å². The molecule has 11 nitrogen and oxygen atoms in total. The zero-order valence-electron chi connectivity index (χ0n) is 30.9. The van der Waals surface area contributed by atoms with Crippen LogP contribution in [0.2, 0.25) is 0 Å². The van der Waals surface area contributed by atoms with Gasteiger partial charge in [0.05, 0.1) is 12.2 Å². The van der Waals surface area contributed by atoms with Crippen molar-refractivity contribution < 1.29 is 108 Å².